The first-order valence-electron chi connectivity index (χ1n) is 9.19. The van der Waals surface area contributed by atoms with Gasteiger partial charge in [-0.25, -0.2) is 0 Å². The van der Waals surface area contributed by atoms with E-state index in [2.05, 4.69) is 18.1 Å². The molecular weight excluding hydrogens is 336 g/mol. The van der Waals surface area contributed by atoms with Gasteiger partial charge in [-0.1, -0.05) is 12.2 Å². The second kappa shape index (κ2) is 11.0. The van der Waals surface area contributed by atoms with Crippen molar-refractivity contribution in [2.45, 2.75) is 73.4 Å². The van der Waals surface area contributed by atoms with E-state index in [4.69, 9.17) is 14.2 Å². The molecule has 0 aliphatic heterocycles. The highest BCUT2D eigenvalue weighted by Crippen LogP contribution is 2.40. The van der Waals surface area contributed by atoms with E-state index in [9.17, 15) is 5.39 Å². The minimum Gasteiger partial charge on any atom is -0.381 e. The van der Waals surface area contributed by atoms with Crippen LogP contribution in [0.2, 0.25) is 0 Å². The topological polar surface area (TPSA) is 55.8 Å². The molecule has 0 bridgehead atoms. The van der Waals surface area contributed by atoms with Gasteiger partial charge < -0.3 is 14.2 Å². The van der Waals surface area contributed by atoms with Crippen molar-refractivity contribution in [3.05, 3.63) is 30.3 Å². The van der Waals surface area contributed by atoms with Crippen LogP contribution in [-0.4, -0.2) is 55.2 Å². The van der Waals surface area contributed by atoms with Crippen LogP contribution in [0.1, 0.15) is 38.5 Å². The van der Waals surface area contributed by atoms with Crippen molar-refractivity contribution >= 4 is 11.8 Å². The fraction of sp³-hybridized carbons (Fsp3) is 0.789. The Kier molecular flexibility index (Phi) is 8.97. The van der Waals surface area contributed by atoms with Crippen LogP contribution in [0.25, 0.3) is 4.98 Å². The minimum atomic E-state index is -0.240. The first-order chi connectivity index (χ1) is 12.2. The maximum atomic E-state index is 9.39. The lowest BCUT2D eigenvalue weighted by atomic mass is 9.90. The molecule has 0 N–H and O–H groups in total. The van der Waals surface area contributed by atoms with Crippen molar-refractivity contribution in [2.24, 2.45) is 0 Å². The van der Waals surface area contributed by atoms with Gasteiger partial charge in [0.25, 0.3) is 0 Å². The summed E-state index contributed by atoms with van der Waals surface area (Å²) in [5, 5.41) is 10.4. The smallest absolute Gasteiger partial charge is 0.342 e. The summed E-state index contributed by atoms with van der Waals surface area (Å²) >= 11 is 2.02. The molecule has 0 amide bonds. The van der Waals surface area contributed by atoms with E-state index in [1.54, 1.807) is 19.3 Å². The Morgan fingerprint density at radius 3 is 2.24 bits per heavy atom. The zero-order chi connectivity index (χ0) is 18.1. The molecule has 2 saturated carbocycles. The van der Waals surface area contributed by atoms with Gasteiger partial charge in [0.1, 0.15) is 11.1 Å². The summed E-state index contributed by atoms with van der Waals surface area (Å²) in [6.07, 6.45) is 10.0. The van der Waals surface area contributed by atoms with Gasteiger partial charge in [-0.3, -0.25) is 0 Å². The van der Waals surface area contributed by atoms with Crippen LogP contribution in [0.5, 0.6) is 0 Å². The molecule has 4 atom stereocenters. The van der Waals surface area contributed by atoms with E-state index in [0.29, 0.717) is 36.2 Å². The molecule has 2 rings (SSSR count). The van der Waals surface area contributed by atoms with Gasteiger partial charge in [-0.05, 0) is 32.1 Å². The van der Waals surface area contributed by atoms with Gasteiger partial charge in [0.05, 0.1) is 31.8 Å². The molecule has 2 aliphatic rings. The van der Waals surface area contributed by atoms with Gasteiger partial charge in [0.2, 0.25) is 5.39 Å². The first-order valence-corrected chi connectivity index (χ1v) is 10.1. The third-order valence-electron chi connectivity index (χ3n) is 5.11. The number of ether oxygens (including phenoxy) is 3. The second-order valence-corrected chi connectivity index (χ2v) is 8.33. The second-order valence-electron chi connectivity index (χ2n) is 6.78. The Bertz CT molecular complexity index is 460. The molecule has 0 radical (unpaired) electrons. The molecule has 25 heavy (non-hydrogen) atoms. The SMILES string of the molecule is C=CCOC1CC(SC2CCC(OC)CC2)C(OCC=C)CC1[N+]#N. The van der Waals surface area contributed by atoms with Crippen molar-refractivity contribution in [2.75, 3.05) is 20.3 Å². The fourth-order valence-electron chi connectivity index (χ4n) is 3.73. The standard InChI is InChI=1S/C19H31N2O3S/c1-4-10-23-17-13-19(18(24-11-5-2)12-16(17)21-20)25-15-8-6-14(22-3)7-9-15/h4-5,14-19H,1-2,6-13H2,3H3/q+1. The Balaban J connectivity index is 1.98. The normalized spacial score (nSPS) is 35.7. The van der Waals surface area contributed by atoms with Crippen LogP contribution in [0.4, 0.5) is 0 Å². The molecular formula is C19H31N2O3S+. The highest BCUT2D eigenvalue weighted by Gasteiger charge is 2.46. The predicted molar refractivity (Wildman–Crippen MR) is 102 cm³/mol. The number of rotatable bonds is 9. The van der Waals surface area contributed by atoms with Gasteiger partial charge in [-0.15, -0.1) is 13.2 Å². The zero-order valence-corrected chi connectivity index (χ0v) is 16.0. The van der Waals surface area contributed by atoms with Crippen LogP contribution in [0.3, 0.4) is 0 Å². The van der Waals surface area contributed by atoms with Crippen molar-refractivity contribution in [1.29, 1.82) is 5.39 Å². The Hall–Kier alpha value is -0.870. The van der Waals surface area contributed by atoms with Gasteiger partial charge in [-0.2, -0.15) is 11.8 Å². The number of nitrogens with zero attached hydrogens (tertiary/aromatic N) is 2. The van der Waals surface area contributed by atoms with Crippen LogP contribution < -0.4 is 0 Å². The van der Waals surface area contributed by atoms with Crippen LogP contribution in [-0.2, 0) is 14.2 Å². The molecule has 4 unspecified atom stereocenters. The summed E-state index contributed by atoms with van der Waals surface area (Å²) in [7, 11) is 1.80. The lowest BCUT2D eigenvalue weighted by molar-refractivity contribution is -0.0167. The molecule has 140 valence electrons. The molecule has 0 aromatic heterocycles. The number of hydrogen-bond acceptors (Lipinski definition) is 5. The third-order valence-corrected chi connectivity index (χ3v) is 6.81. The maximum Gasteiger partial charge on any atom is 0.342 e. The predicted octanol–water partition coefficient (Wildman–Crippen LogP) is 4.20. The van der Waals surface area contributed by atoms with Gasteiger partial charge >= 0.3 is 6.04 Å². The van der Waals surface area contributed by atoms with Crippen LogP contribution in [0, 0.1) is 5.39 Å². The fourth-order valence-corrected chi connectivity index (χ4v) is 5.44. The monoisotopic (exact) mass is 367 g/mol. The number of methoxy groups -OCH3 is 1. The zero-order valence-electron chi connectivity index (χ0n) is 15.2. The van der Waals surface area contributed by atoms with Gasteiger partial charge in [0, 0.05) is 17.6 Å². The van der Waals surface area contributed by atoms with Crippen LogP contribution in [0.15, 0.2) is 25.3 Å². The molecule has 0 heterocycles. The largest absolute Gasteiger partial charge is 0.381 e. The molecule has 2 aliphatic carbocycles. The molecule has 0 aromatic carbocycles. The third kappa shape index (κ3) is 6.10. The minimum absolute atomic E-state index is 0.0626. The Labute approximate surface area is 155 Å². The number of thioether (sulfide) groups is 1. The van der Waals surface area contributed by atoms with E-state index in [-0.39, 0.29) is 18.2 Å². The summed E-state index contributed by atoms with van der Waals surface area (Å²) in [5.41, 5.74) is 0. The molecule has 0 saturated heterocycles. The lowest BCUT2D eigenvalue weighted by Gasteiger charge is -2.37. The van der Waals surface area contributed by atoms with E-state index >= 15 is 0 Å². The molecule has 5 nitrogen and oxygen atoms in total. The summed E-state index contributed by atoms with van der Waals surface area (Å²) in [6, 6.07) is -0.240. The van der Waals surface area contributed by atoms with Crippen molar-refractivity contribution in [3.8, 4) is 0 Å². The summed E-state index contributed by atoms with van der Waals surface area (Å²) in [5.74, 6) is 0. The molecule has 0 aromatic rings. The van der Waals surface area contributed by atoms with E-state index in [1.165, 1.54) is 12.8 Å². The van der Waals surface area contributed by atoms with E-state index < -0.39 is 0 Å². The number of hydrogen-bond donors (Lipinski definition) is 0. The quantitative estimate of drug-likeness (QED) is 0.451. The highest BCUT2D eigenvalue weighted by molar-refractivity contribution is 8.00. The van der Waals surface area contributed by atoms with Crippen LogP contribution >= 0.6 is 11.8 Å². The van der Waals surface area contributed by atoms with Crippen molar-refractivity contribution in [3.63, 3.8) is 0 Å². The highest BCUT2D eigenvalue weighted by atomic mass is 32.2. The summed E-state index contributed by atoms with van der Waals surface area (Å²) in [6.45, 7) is 8.45. The van der Waals surface area contributed by atoms with E-state index in [1.807, 2.05) is 11.8 Å². The lowest BCUT2D eigenvalue weighted by Crippen LogP contribution is -2.45. The Morgan fingerprint density at radius 1 is 1.04 bits per heavy atom. The van der Waals surface area contributed by atoms with Crippen molar-refractivity contribution in [1.82, 2.24) is 0 Å². The maximum absolute atomic E-state index is 9.39. The number of diazo groups is 1. The molecule has 2 fully saturated rings. The molecule has 6 heteroatoms. The van der Waals surface area contributed by atoms with Gasteiger partial charge in [0.15, 0.2) is 0 Å². The first kappa shape index (κ1) is 20.4. The van der Waals surface area contributed by atoms with E-state index in [0.717, 1.165) is 19.3 Å². The average molecular weight is 368 g/mol. The van der Waals surface area contributed by atoms with Crippen molar-refractivity contribution < 1.29 is 14.2 Å². The Morgan fingerprint density at radius 2 is 1.68 bits per heavy atom. The summed E-state index contributed by atoms with van der Waals surface area (Å²) in [4.78, 5) is 3.55. The average Bonchev–Trinajstić information content (AvgIpc) is 2.65. The molecule has 0 spiro atoms. The summed E-state index contributed by atoms with van der Waals surface area (Å²) < 4.78 is 17.3.